The van der Waals surface area contributed by atoms with Gasteiger partial charge in [0.05, 0.1) is 25.4 Å². The van der Waals surface area contributed by atoms with Crippen molar-refractivity contribution in [1.82, 2.24) is 4.90 Å². The Hall–Kier alpha value is -1.33. The van der Waals surface area contributed by atoms with Gasteiger partial charge in [0.2, 0.25) is 5.91 Å². The van der Waals surface area contributed by atoms with Crippen LogP contribution in [0.1, 0.15) is 5.76 Å². The van der Waals surface area contributed by atoms with Crippen LogP contribution < -0.4 is 5.73 Å². The summed E-state index contributed by atoms with van der Waals surface area (Å²) in [5.74, 6) is 0.716. The van der Waals surface area contributed by atoms with Crippen molar-refractivity contribution in [3.05, 3.63) is 24.2 Å². The van der Waals surface area contributed by atoms with Crippen LogP contribution in [-0.4, -0.2) is 43.7 Å². The first-order valence-electron chi connectivity index (χ1n) is 5.90. The maximum atomic E-state index is 12.2. The molecular weight excluding hydrogens is 220 g/mol. The molecular formula is C12H18N2O3. The van der Waals surface area contributed by atoms with Crippen LogP contribution >= 0.6 is 0 Å². The zero-order valence-electron chi connectivity index (χ0n) is 9.80. The third-order valence-corrected chi connectivity index (χ3v) is 2.98. The SMILES string of the molecule is NCC(Cc1ccco1)C(=O)N1CCOCC1. The van der Waals surface area contributed by atoms with E-state index in [4.69, 9.17) is 14.9 Å². The number of nitrogens with zero attached hydrogens (tertiary/aromatic N) is 1. The van der Waals surface area contributed by atoms with Crippen LogP contribution in [0.3, 0.4) is 0 Å². The van der Waals surface area contributed by atoms with Crippen LogP contribution in [0, 0.1) is 5.92 Å². The van der Waals surface area contributed by atoms with E-state index in [-0.39, 0.29) is 11.8 Å². The molecule has 1 unspecified atom stereocenters. The molecule has 1 saturated heterocycles. The quantitative estimate of drug-likeness (QED) is 0.816. The Balaban J connectivity index is 1.94. The van der Waals surface area contributed by atoms with Crippen molar-refractivity contribution in [2.45, 2.75) is 6.42 Å². The molecule has 0 saturated carbocycles. The van der Waals surface area contributed by atoms with Crippen LogP contribution in [0.25, 0.3) is 0 Å². The summed E-state index contributed by atoms with van der Waals surface area (Å²) < 4.78 is 10.5. The monoisotopic (exact) mass is 238 g/mol. The fourth-order valence-corrected chi connectivity index (χ4v) is 1.98. The first kappa shape index (κ1) is 12.1. The van der Waals surface area contributed by atoms with Gasteiger partial charge in [0.25, 0.3) is 0 Å². The van der Waals surface area contributed by atoms with Crippen molar-refractivity contribution in [2.75, 3.05) is 32.8 Å². The minimum absolute atomic E-state index is 0.104. The third-order valence-electron chi connectivity index (χ3n) is 2.98. The van der Waals surface area contributed by atoms with Crippen LogP contribution in [-0.2, 0) is 16.0 Å². The lowest BCUT2D eigenvalue weighted by Gasteiger charge is -2.29. The first-order chi connectivity index (χ1) is 8.31. The maximum absolute atomic E-state index is 12.2. The predicted molar refractivity (Wildman–Crippen MR) is 62.4 cm³/mol. The number of hydrogen-bond donors (Lipinski definition) is 1. The molecule has 5 nitrogen and oxygen atoms in total. The van der Waals surface area contributed by atoms with Crippen LogP contribution in [0.2, 0.25) is 0 Å². The molecule has 1 fully saturated rings. The van der Waals surface area contributed by atoms with Gasteiger partial charge in [-0.3, -0.25) is 4.79 Å². The van der Waals surface area contributed by atoms with E-state index >= 15 is 0 Å². The van der Waals surface area contributed by atoms with Crippen molar-refractivity contribution < 1.29 is 13.9 Å². The average molecular weight is 238 g/mol. The number of carbonyl (C=O) groups is 1. The van der Waals surface area contributed by atoms with Crippen LogP contribution in [0.5, 0.6) is 0 Å². The number of furan rings is 1. The normalized spacial score (nSPS) is 18.1. The van der Waals surface area contributed by atoms with Gasteiger partial charge in [-0.25, -0.2) is 0 Å². The van der Waals surface area contributed by atoms with E-state index in [1.54, 1.807) is 6.26 Å². The van der Waals surface area contributed by atoms with Gasteiger partial charge in [0.1, 0.15) is 5.76 Å². The topological polar surface area (TPSA) is 68.7 Å². The molecule has 1 atom stereocenters. The molecule has 1 aromatic rings. The molecule has 94 valence electrons. The molecule has 5 heteroatoms. The molecule has 0 bridgehead atoms. The van der Waals surface area contributed by atoms with Crippen molar-refractivity contribution in [1.29, 1.82) is 0 Å². The number of amides is 1. The maximum Gasteiger partial charge on any atom is 0.227 e. The van der Waals surface area contributed by atoms with Gasteiger partial charge in [-0.05, 0) is 12.1 Å². The number of nitrogens with two attached hydrogens (primary N) is 1. The summed E-state index contributed by atoms with van der Waals surface area (Å²) in [6, 6.07) is 3.69. The summed E-state index contributed by atoms with van der Waals surface area (Å²) in [6.45, 7) is 2.89. The smallest absolute Gasteiger partial charge is 0.227 e. The van der Waals surface area contributed by atoms with E-state index in [9.17, 15) is 4.79 Å². The molecule has 2 N–H and O–H groups in total. The fraction of sp³-hybridized carbons (Fsp3) is 0.583. The second-order valence-corrected chi connectivity index (χ2v) is 4.15. The molecule has 2 rings (SSSR count). The van der Waals surface area contributed by atoms with E-state index in [0.29, 0.717) is 39.3 Å². The van der Waals surface area contributed by atoms with Crippen molar-refractivity contribution in [3.63, 3.8) is 0 Å². The van der Waals surface area contributed by atoms with E-state index in [1.807, 2.05) is 17.0 Å². The highest BCUT2D eigenvalue weighted by molar-refractivity contribution is 5.79. The van der Waals surface area contributed by atoms with Gasteiger partial charge in [0.15, 0.2) is 0 Å². The van der Waals surface area contributed by atoms with Gasteiger partial charge in [0, 0.05) is 26.1 Å². The van der Waals surface area contributed by atoms with Gasteiger partial charge in [-0.1, -0.05) is 0 Å². The van der Waals surface area contributed by atoms with Crippen LogP contribution in [0.15, 0.2) is 22.8 Å². The second kappa shape index (κ2) is 5.84. The lowest BCUT2D eigenvalue weighted by molar-refractivity contribution is -0.139. The highest BCUT2D eigenvalue weighted by Crippen LogP contribution is 2.12. The average Bonchev–Trinajstić information content (AvgIpc) is 2.89. The summed E-state index contributed by atoms with van der Waals surface area (Å²) in [5, 5.41) is 0. The lowest BCUT2D eigenvalue weighted by atomic mass is 10.0. The Morgan fingerprint density at radius 1 is 1.47 bits per heavy atom. The number of hydrogen-bond acceptors (Lipinski definition) is 4. The van der Waals surface area contributed by atoms with E-state index in [2.05, 4.69) is 0 Å². The molecule has 1 aromatic heterocycles. The Bertz CT molecular complexity index is 345. The first-order valence-corrected chi connectivity index (χ1v) is 5.90. The van der Waals surface area contributed by atoms with Gasteiger partial charge in [-0.2, -0.15) is 0 Å². The van der Waals surface area contributed by atoms with Crippen LogP contribution in [0.4, 0.5) is 0 Å². The molecule has 1 amide bonds. The molecule has 0 spiro atoms. The minimum atomic E-state index is -0.195. The summed E-state index contributed by atoms with van der Waals surface area (Å²) in [5.41, 5.74) is 5.68. The summed E-state index contributed by atoms with van der Waals surface area (Å²) in [7, 11) is 0. The van der Waals surface area contributed by atoms with E-state index in [0.717, 1.165) is 5.76 Å². The Kier molecular flexibility index (Phi) is 4.17. The van der Waals surface area contributed by atoms with Crippen molar-refractivity contribution >= 4 is 5.91 Å². The van der Waals surface area contributed by atoms with Gasteiger partial charge < -0.3 is 19.8 Å². The summed E-state index contributed by atoms with van der Waals surface area (Å²) in [6.07, 6.45) is 2.18. The zero-order chi connectivity index (χ0) is 12.1. The summed E-state index contributed by atoms with van der Waals surface area (Å²) in [4.78, 5) is 14.0. The fourth-order valence-electron chi connectivity index (χ4n) is 1.98. The molecule has 0 radical (unpaired) electrons. The molecule has 1 aliphatic heterocycles. The van der Waals surface area contributed by atoms with E-state index < -0.39 is 0 Å². The largest absolute Gasteiger partial charge is 0.469 e. The second-order valence-electron chi connectivity index (χ2n) is 4.15. The van der Waals surface area contributed by atoms with Gasteiger partial charge >= 0.3 is 0 Å². The zero-order valence-corrected chi connectivity index (χ0v) is 9.80. The van der Waals surface area contributed by atoms with Crippen molar-refractivity contribution in [3.8, 4) is 0 Å². The molecule has 2 heterocycles. The highest BCUT2D eigenvalue weighted by Gasteiger charge is 2.25. The molecule has 17 heavy (non-hydrogen) atoms. The van der Waals surface area contributed by atoms with Gasteiger partial charge in [-0.15, -0.1) is 0 Å². The predicted octanol–water partition coefficient (Wildman–Crippen LogP) is 0.256. The van der Waals surface area contributed by atoms with Crippen molar-refractivity contribution in [2.24, 2.45) is 11.7 Å². The highest BCUT2D eigenvalue weighted by atomic mass is 16.5. The molecule has 0 aromatic carbocycles. The number of carbonyl (C=O) groups excluding carboxylic acids is 1. The molecule has 0 aliphatic carbocycles. The summed E-state index contributed by atoms with van der Waals surface area (Å²) >= 11 is 0. The minimum Gasteiger partial charge on any atom is -0.469 e. The number of rotatable bonds is 4. The Morgan fingerprint density at radius 3 is 2.82 bits per heavy atom. The standard InChI is InChI=1S/C12H18N2O3/c13-9-10(8-11-2-1-5-17-11)12(15)14-3-6-16-7-4-14/h1-2,5,10H,3-4,6-9,13H2. The molecule has 1 aliphatic rings. The lowest BCUT2D eigenvalue weighted by Crippen LogP contribution is -2.45. The third kappa shape index (κ3) is 3.08. The number of morpholine rings is 1. The Labute approximate surface area is 101 Å². The number of ether oxygens (including phenoxy) is 1. The Morgan fingerprint density at radius 2 is 2.24 bits per heavy atom. The van der Waals surface area contributed by atoms with E-state index in [1.165, 1.54) is 0 Å².